The molecule has 0 unspecified atom stereocenters. The summed E-state index contributed by atoms with van der Waals surface area (Å²) < 4.78 is 33.9. The first-order chi connectivity index (χ1) is 16.5. The van der Waals surface area contributed by atoms with E-state index in [-0.39, 0.29) is 5.75 Å². The molecule has 0 fully saturated rings. The molecule has 1 aromatic carbocycles. The zero-order valence-corrected chi connectivity index (χ0v) is 23.2. The maximum atomic E-state index is 11.8. The van der Waals surface area contributed by atoms with E-state index >= 15 is 0 Å². The van der Waals surface area contributed by atoms with Crippen molar-refractivity contribution in [3.8, 4) is 11.3 Å². The number of sulfonamides is 1. The van der Waals surface area contributed by atoms with Gasteiger partial charge in [-0.3, -0.25) is 9.71 Å². The minimum Gasteiger partial charge on any atom is -0.359 e. The van der Waals surface area contributed by atoms with Crippen LogP contribution in [0, 0.1) is 0 Å². The number of anilines is 3. The van der Waals surface area contributed by atoms with Gasteiger partial charge in [0, 0.05) is 32.0 Å². The van der Waals surface area contributed by atoms with E-state index in [1.807, 2.05) is 18.2 Å². The van der Waals surface area contributed by atoms with Gasteiger partial charge in [-0.15, -0.1) is 0 Å². The predicted octanol–water partition coefficient (Wildman–Crippen LogP) is 5.28. The molecule has 0 radical (unpaired) electrons. The Kier molecular flexibility index (Phi) is 8.68. The van der Waals surface area contributed by atoms with Crippen LogP contribution in [0.15, 0.2) is 42.7 Å². The molecule has 0 spiro atoms. The molecular formula is C24H36N6O3SSi. The molecule has 0 aliphatic carbocycles. The Bertz CT molecular complexity index is 1200. The molecule has 9 nitrogen and oxygen atoms in total. The number of rotatable bonds is 12. The summed E-state index contributed by atoms with van der Waals surface area (Å²) in [4.78, 5) is 8.97. The lowest BCUT2D eigenvalue weighted by atomic mass is 10.1. The molecule has 35 heavy (non-hydrogen) atoms. The summed E-state index contributed by atoms with van der Waals surface area (Å²) in [5, 5.41) is 8.03. The van der Waals surface area contributed by atoms with Crippen LogP contribution in [0.25, 0.3) is 11.3 Å². The summed E-state index contributed by atoms with van der Waals surface area (Å²) in [6, 6.07) is 10.1. The number of hydrogen-bond acceptors (Lipinski definition) is 7. The fraction of sp³-hybridized carbons (Fsp3) is 0.458. The van der Waals surface area contributed by atoms with Crippen LogP contribution in [0.2, 0.25) is 25.7 Å². The second-order valence-corrected chi connectivity index (χ2v) is 17.6. The Morgan fingerprint density at radius 3 is 2.37 bits per heavy atom. The van der Waals surface area contributed by atoms with Crippen molar-refractivity contribution in [2.24, 2.45) is 0 Å². The molecule has 190 valence electrons. The topological polar surface area (TPSA) is 111 Å². The van der Waals surface area contributed by atoms with E-state index in [9.17, 15) is 8.42 Å². The van der Waals surface area contributed by atoms with Crippen molar-refractivity contribution in [1.82, 2.24) is 19.7 Å². The summed E-state index contributed by atoms with van der Waals surface area (Å²) >= 11 is 0. The highest BCUT2D eigenvalue weighted by Crippen LogP contribution is 2.26. The summed E-state index contributed by atoms with van der Waals surface area (Å²) in [5.41, 5.74) is 3.04. The monoisotopic (exact) mass is 516 g/mol. The van der Waals surface area contributed by atoms with Gasteiger partial charge >= 0.3 is 0 Å². The second-order valence-electron chi connectivity index (χ2n) is 9.95. The predicted molar refractivity (Wildman–Crippen MR) is 144 cm³/mol. The van der Waals surface area contributed by atoms with Gasteiger partial charge in [0.1, 0.15) is 18.4 Å². The SMILES string of the molecule is CCS(=O)(=O)Nc1ccc(-c2cc(Nc3cnc(C(C)C)cn3)n(COCC[Si](C)(C)C)n2)cc1. The molecule has 2 heterocycles. The minimum atomic E-state index is -3.33. The third kappa shape index (κ3) is 8.15. The van der Waals surface area contributed by atoms with Gasteiger partial charge in [-0.2, -0.15) is 5.10 Å². The molecule has 0 bridgehead atoms. The molecular weight excluding hydrogens is 480 g/mol. The normalized spacial score (nSPS) is 12.2. The van der Waals surface area contributed by atoms with E-state index in [0.29, 0.717) is 30.8 Å². The first kappa shape index (κ1) is 26.8. The van der Waals surface area contributed by atoms with Crippen LogP contribution >= 0.6 is 0 Å². The van der Waals surface area contributed by atoms with Gasteiger partial charge in [0.25, 0.3) is 0 Å². The van der Waals surface area contributed by atoms with Crippen LogP contribution < -0.4 is 10.0 Å². The number of benzene rings is 1. The van der Waals surface area contributed by atoms with Gasteiger partial charge in [-0.05, 0) is 31.0 Å². The molecule has 0 aliphatic heterocycles. The van der Waals surface area contributed by atoms with Crippen molar-refractivity contribution < 1.29 is 13.2 Å². The highest BCUT2D eigenvalue weighted by atomic mass is 32.2. The van der Waals surface area contributed by atoms with Crippen molar-refractivity contribution in [3.63, 3.8) is 0 Å². The third-order valence-corrected chi connectivity index (χ3v) is 8.35. The van der Waals surface area contributed by atoms with Gasteiger partial charge in [-0.1, -0.05) is 45.6 Å². The Morgan fingerprint density at radius 2 is 1.80 bits per heavy atom. The Labute approximate surface area is 209 Å². The van der Waals surface area contributed by atoms with E-state index in [2.05, 4.69) is 53.5 Å². The average molecular weight is 517 g/mol. The lowest BCUT2D eigenvalue weighted by Gasteiger charge is -2.16. The van der Waals surface area contributed by atoms with E-state index in [0.717, 1.165) is 28.8 Å². The van der Waals surface area contributed by atoms with Crippen molar-refractivity contribution in [2.75, 3.05) is 22.4 Å². The third-order valence-electron chi connectivity index (χ3n) is 5.34. The maximum absolute atomic E-state index is 11.8. The molecule has 0 saturated carbocycles. The van der Waals surface area contributed by atoms with Crippen molar-refractivity contribution >= 4 is 35.4 Å². The molecule has 0 amide bonds. The van der Waals surface area contributed by atoms with E-state index in [1.165, 1.54) is 0 Å². The lowest BCUT2D eigenvalue weighted by molar-refractivity contribution is 0.0803. The number of ether oxygens (including phenoxy) is 1. The Balaban J connectivity index is 1.82. The molecule has 2 N–H and O–H groups in total. The molecule has 0 aliphatic rings. The van der Waals surface area contributed by atoms with Gasteiger partial charge in [0.2, 0.25) is 10.0 Å². The van der Waals surface area contributed by atoms with Gasteiger partial charge in [0.05, 0.1) is 29.5 Å². The number of hydrogen-bond donors (Lipinski definition) is 2. The van der Waals surface area contributed by atoms with Crippen LogP contribution in [0.4, 0.5) is 17.3 Å². The molecule has 3 aromatic rings. The number of nitrogens with zero attached hydrogens (tertiary/aromatic N) is 4. The van der Waals surface area contributed by atoms with Crippen LogP contribution in [0.5, 0.6) is 0 Å². The van der Waals surface area contributed by atoms with Crippen LogP contribution in [0.1, 0.15) is 32.4 Å². The van der Waals surface area contributed by atoms with Crippen LogP contribution in [-0.4, -0.2) is 48.6 Å². The zero-order chi connectivity index (χ0) is 25.6. The quantitative estimate of drug-likeness (QED) is 0.249. The Hall–Kier alpha value is -2.76. The van der Waals surface area contributed by atoms with E-state index < -0.39 is 18.1 Å². The van der Waals surface area contributed by atoms with Gasteiger partial charge in [-0.25, -0.2) is 18.1 Å². The highest BCUT2D eigenvalue weighted by Gasteiger charge is 2.15. The fourth-order valence-corrected chi connectivity index (χ4v) is 4.48. The van der Waals surface area contributed by atoms with E-state index in [4.69, 9.17) is 9.84 Å². The molecule has 11 heteroatoms. The first-order valence-electron chi connectivity index (χ1n) is 11.8. The van der Waals surface area contributed by atoms with E-state index in [1.54, 1.807) is 36.1 Å². The smallest absolute Gasteiger partial charge is 0.232 e. The maximum Gasteiger partial charge on any atom is 0.232 e. The zero-order valence-electron chi connectivity index (χ0n) is 21.4. The summed E-state index contributed by atoms with van der Waals surface area (Å²) in [5.74, 6) is 1.68. The molecule has 3 rings (SSSR count). The molecule has 0 saturated heterocycles. The Morgan fingerprint density at radius 1 is 1.09 bits per heavy atom. The van der Waals surface area contributed by atoms with Gasteiger partial charge < -0.3 is 10.1 Å². The first-order valence-corrected chi connectivity index (χ1v) is 17.2. The highest BCUT2D eigenvalue weighted by molar-refractivity contribution is 7.92. The van der Waals surface area contributed by atoms with Crippen LogP contribution in [-0.2, 0) is 21.5 Å². The minimum absolute atomic E-state index is 0.0208. The standard InChI is InChI=1S/C24H36N6O3SSi/c1-7-34(31,32)29-20-10-8-19(9-11-20)21-14-24(27-23-16-25-22(15-26-23)18(2)3)30(28-21)17-33-12-13-35(4,5)6/h8-11,14-16,18,29H,7,12-13,17H2,1-6H3,(H,26,27). The van der Waals surface area contributed by atoms with Crippen molar-refractivity contribution in [3.05, 3.63) is 48.4 Å². The van der Waals surface area contributed by atoms with Crippen LogP contribution in [0.3, 0.4) is 0 Å². The lowest BCUT2D eigenvalue weighted by Crippen LogP contribution is -2.22. The number of aromatic nitrogens is 4. The second kappa shape index (κ2) is 11.3. The molecule has 0 atom stereocenters. The summed E-state index contributed by atoms with van der Waals surface area (Å²) in [6.07, 6.45) is 3.49. The summed E-state index contributed by atoms with van der Waals surface area (Å²) in [7, 11) is -4.52. The molecule has 2 aromatic heterocycles. The fourth-order valence-electron chi connectivity index (χ4n) is 3.08. The number of nitrogens with one attached hydrogen (secondary N) is 2. The summed E-state index contributed by atoms with van der Waals surface area (Å²) in [6.45, 7) is 13.7. The van der Waals surface area contributed by atoms with Gasteiger partial charge in [0.15, 0.2) is 0 Å². The van der Waals surface area contributed by atoms with Crippen molar-refractivity contribution in [1.29, 1.82) is 0 Å². The van der Waals surface area contributed by atoms with Crippen molar-refractivity contribution in [2.45, 2.75) is 59.1 Å². The largest absolute Gasteiger partial charge is 0.359 e. The average Bonchev–Trinajstić information content (AvgIpc) is 3.19.